The number of aromatic amines is 1. The first-order chi connectivity index (χ1) is 11.0. The van der Waals surface area contributed by atoms with Gasteiger partial charge < -0.3 is 10.3 Å². The maximum absolute atomic E-state index is 11.9. The van der Waals surface area contributed by atoms with Crippen LogP contribution in [0.5, 0.6) is 0 Å². The van der Waals surface area contributed by atoms with Gasteiger partial charge in [-0.1, -0.05) is 34.8 Å². The molecule has 0 aliphatic carbocycles. The summed E-state index contributed by atoms with van der Waals surface area (Å²) < 4.78 is 0. The highest BCUT2D eigenvalue weighted by atomic mass is 35.5. The Morgan fingerprint density at radius 1 is 1.09 bits per heavy atom. The molecule has 3 rings (SSSR count). The monoisotopic (exact) mass is 369 g/mol. The number of rotatable bonds is 3. The lowest BCUT2D eigenvalue weighted by molar-refractivity contribution is 0.251. The third-order valence-electron chi connectivity index (χ3n) is 2.92. The zero-order valence-corrected chi connectivity index (χ0v) is 13.8. The molecule has 0 spiro atoms. The number of carbonyl (C=O) groups is 1. The van der Waals surface area contributed by atoms with Crippen LogP contribution < -0.4 is 10.6 Å². The number of fused-ring (bicyclic) bond motifs is 1. The van der Waals surface area contributed by atoms with Crippen LogP contribution in [0.15, 0.2) is 30.3 Å². The van der Waals surface area contributed by atoms with Gasteiger partial charge in [0.15, 0.2) is 5.65 Å². The highest BCUT2D eigenvalue weighted by Crippen LogP contribution is 2.19. The van der Waals surface area contributed by atoms with Crippen LogP contribution in [0.2, 0.25) is 15.2 Å². The molecule has 6 nitrogen and oxygen atoms in total. The van der Waals surface area contributed by atoms with E-state index in [9.17, 15) is 4.79 Å². The van der Waals surface area contributed by atoms with Crippen molar-refractivity contribution in [3.63, 3.8) is 0 Å². The molecule has 3 N–H and O–H groups in total. The molecule has 2 amide bonds. The lowest BCUT2D eigenvalue weighted by Gasteiger charge is -2.06. The summed E-state index contributed by atoms with van der Waals surface area (Å²) in [5.41, 5.74) is 1.89. The number of imidazole rings is 1. The topological polar surface area (TPSA) is 82.7 Å². The smallest absolute Gasteiger partial charge is 0.321 e. The molecule has 1 aromatic carbocycles. The minimum absolute atomic E-state index is 0.274. The summed E-state index contributed by atoms with van der Waals surface area (Å²) in [6.45, 7) is 0.274. The molecule has 0 atom stereocenters. The van der Waals surface area contributed by atoms with Gasteiger partial charge in [-0.2, -0.15) is 0 Å². The van der Waals surface area contributed by atoms with Gasteiger partial charge in [-0.15, -0.1) is 0 Å². The third-order valence-corrected chi connectivity index (χ3v) is 3.56. The van der Waals surface area contributed by atoms with Gasteiger partial charge in [0.25, 0.3) is 0 Å². The molecule has 118 valence electrons. The standard InChI is InChI=1S/C14H10Cl3N5O/c15-8-3-7(4-9(16)5-8)6-18-14(23)22-13-19-10-1-2-11(17)20-12(10)21-13/h1-5H,6H2,(H3,18,19,20,21,22,23). The SMILES string of the molecule is O=C(NCc1cc(Cl)cc(Cl)c1)Nc1nc2ccc(Cl)nc2[nH]1. The van der Waals surface area contributed by atoms with Crippen LogP contribution in [0.4, 0.5) is 10.7 Å². The molecule has 0 bridgehead atoms. The molecule has 0 saturated carbocycles. The van der Waals surface area contributed by atoms with E-state index in [2.05, 4.69) is 25.6 Å². The molecule has 0 fully saturated rings. The molecular weight excluding hydrogens is 361 g/mol. The van der Waals surface area contributed by atoms with Gasteiger partial charge in [0.05, 0.1) is 0 Å². The van der Waals surface area contributed by atoms with Gasteiger partial charge in [-0.25, -0.2) is 14.8 Å². The Labute approximate surface area is 146 Å². The van der Waals surface area contributed by atoms with Gasteiger partial charge in [0.2, 0.25) is 5.95 Å². The normalized spacial score (nSPS) is 10.7. The molecule has 2 heterocycles. The van der Waals surface area contributed by atoms with Crippen LogP contribution in [0, 0.1) is 0 Å². The summed E-state index contributed by atoms with van der Waals surface area (Å²) >= 11 is 17.6. The van der Waals surface area contributed by atoms with Crippen molar-refractivity contribution >= 4 is 57.9 Å². The van der Waals surface area contributed by atoms with Gasteiger partial charge in [0, 0.05) is 16.6 Å². The predicted molar refractivity (Wildman–Crippen MR) is 91.2 cm³/mol. The Bertz CT molecular complexity index is 860. The summed E-state index contributed by atoms with van der Waals surface area (Å²) in [6.07, 6.45) is 0. The minimum Gasteiger partial charge on any atom is -0.334 e. The Hall–Kier alpha value is -2.02. The van der Waals surface area contributed by atoms with E-state index in [4.69, 9.17) is 34.8 Å². The fraction of sp³-hybridized carbons (Fsp3) is 0.0714. The van der Waals surface area contributed by atoms with Gasteiger partial charge in [0.1, 0.15) is 10.7 Å². The summed E-state index contributed by atoms with van der Waals surface area (Å²) in [4.78, 5) is 23.0. The first-order valence-corrected chi connectivity index (χ1v) is 7.65. The second kappa shape index (κ2) is 6.62. The number of aromatic nitrogens is 3. The molecule has 23 heavy (non-hydrogen) atoms. The molecular formula is C14H10Cl3N5O. The van der Waals surface area contributed by atoms with Crippen LogP contribution in [0.25, 0.3) is 11.2 Å². The van der Waals surface area contributed by atoms with Crippen LogP contribution in [-0.4, -0.2) is 21.0 Å². The zero-order chi connectivity index (χ0) is 16.4. The number of hydrogen-bond acceptors (Lipinski definition) is 3. The number of pyridine rings is 1. The third kappa shape index (κ3) is 4.04. The number of hydrogen-bond donors (Lipinski definition) is 3. The van der Waals surface area contributed by atoms with Crippen molar-refractivity contribution in [1.82, 2.24) is 20.3 Å². The molecule has 9 heteroatoms. The molecule has 0 radical (unpaired) electrons. The van der Waals surface area contributed by atoms with Crippen LogP contribution in [0.3, 0.4) is 0 Å². The number of carbonyl (C=O) groups excluding carboxylic acids is 1. The number of halogens is 3. The maximum atomic E-state index is 11.9. The van der Waals surface area contributed by atoms with Crippen LogP contribution in [-0.2, 0) is 6.54 Å². The Morgan fingerprint density at radius 3 is 2.57 bits per heavy atom. The van der Waals surface area contributed by atoms with Crippen molar-refractivity contribution in [2.45, 2.75) is 6.54 Å². The van der Waals surface area contributed by atoms with Crippen molar-refractivity contribution in [3.05, 3.63) is 51.1 Å². The Balaban J connectivity index is 1.64. The number of benzene rings is 1. The molecule has 0 saturated heterocycles. The van der Waals surface area contributed by atoms with Crippen molar-refractivity contribution in [1.29, 1.82) is 0 Å². The maximum Gasteiger partial charge on any atom is 0.321 e. The molecule has 0 aliphatic heterocycles. The fourth-order valence-corrected chi connectivity index (χ4v) is 2.70. The summed E-state index contributed by atoms with van der Waals surface area (Å²) in [6, 6.07) is 7.97. The van der Waals surface area contributed by atoms with E-state index in [1.807, 2.05) is 0 Å². The van der Waals surface area contributed by atoms with Crippen LogP contribution in [0.1, 0.15) is 5.56 Å². The van der Waals surface area contributed by atoms with Gasteiger partial charge >= 0.3 is 6.03 Å². The van der Waals surface area contributed by atoms with E-state index in [-0.39, 0.29) is 12.5 Å². The zero-order valence-electron chi connectivity index (χ0n) is 11.5. The number of anilines is 1. The van der Waals surface area contributed by atoms with Crippen molar-refractivity contribution in [2.24, 2.45) is 0 Å². The summed E-state index contributed by atoms with van der Waals surface area (Å²) in [5, 5.41) is 6.63. The number of H-pyrrole nitrogens is 1. The predicted octanol–water partition coefficient (Wildman–Crippen LogP) is 4.24. The first-order valence-electron chi connectivity index (χ1n) is 6.52. The first kappa shape index (κ1) is 15.9. The van der Waals surface area contributed by atoms with Crippen LogP contribution >= 0.6 is 34.8 Å². The average Bonchev–Trinajstić information content (AvgIpc) is 2.85. The van der Waals surface area contributed by atoms with E-state index in [1.54, 1.807) is 30.3 Å². The van der Waals surface area contributed by atoms with E-state index >= 15 is 0 Å². The Kier molecular flexibility index (Phi) is 4.56. The fourth-order valence-electron chi connectivity index (χ4n) is 1.98. The van der Waals surface area contributed by atoms with E-state index in [0.29, 0.717) is 26.4 Å². The van der Waals surface area contributed by atoms with E-state index in [0.717, 1.165) is 5.56 Å². The van der Waals surface area contributed by atoms with Crippen molar-refractivity contribution in [3.8, 4) is 0 Å². The average molecular weight is 371 g/mol. The lowest BCUT2D eigenvalue weighted by Crippen LogP contribution is -2.28. The molecule has 2 aromatic heterocycles. The van der Waals surface area contributed by atoms with Gasteiger partial charge in [-0.05, 0) is 35.9 Å². The van der Waals surface area contributed by atoms with Crippen molar-refractivity contribution in [2.75, 3.05) is 5.32 Å². The highest BCUT2D eigenvalue weighted by Gasteiger charge is 2.08. The highest BCUT2D eigenvalue weighted by molar-refractivity contribution is 6.34. The molecule has 0 unspecified atom stereocenters. The number of amides is 2. The van der Waals surface area contributed by atoms with E-state index in [1.165, 1.54) is 0 Å². The number of urea groups is 1. The molecule has 0 aliphatic rings. The van der Waals surface area contributed by atoms with E-state index < -0.39 is 6.03 Å². The van der Waals surface area contributed by atoms with Crippen molar-refractivity contribution < 1.29 is 4.79 Å². The Morgan fingerprint density at radius 2 is 1.83 bits per heavy atom. The molecule has 3 aromatic rings. The number of nitrogens with zero attached hydrogens (tertiary/aromatic N) is 2. The van der Waals surface area contributed by atoms with Gasteiger partial charge in [-0.3, -0.25) is 5.32 Å². The minimum atomic E-state index is -0.425. The number of nitrogens with one attached hydrogen (secondary N) is 3. The largest absolute Gasteiger partial charge is 0.334 e. The summed E-state index contributed by atoms with van der Waals surface area (Å²) in [7, 11) is 0. The second-order valence-corrected chi connectivity index (χ2v) is 5.93. The lowest BCUT2D eigenvalue weighted by atomic mass is 10.2. The second-order valence-electron chi connectivity index (χ2n) is 4.67. The quantitative estimate of drug-likeness (QED) is 0.603. The summed E-state index contributed by atoms with van der Waals surface area (Å²) in [5.74, 6) is 0.274.